The molecule has 11 heteroatoms. The van der Waals surface area contributed by atoms with Crippen molar-refractivity contribution in [2.75, 3.05) is 0 Å². The van der Waals surface area contributed by atoms with Crippen LogP contribution in [0.4, 0.5) is 30.7 Å². The average Bonchev–Trinajstić information content (AvgIpc) is 2.88. The number of hydrogen-bond donors (Lipinski definition) is 1. The molecule has 0 aliphatic carbocycles. The van der Waals surface area contributed by atoms with Crippen molar-refractivity contribution in [3.05, 3.63) is 30.1 Å². The molecule has 0 atom stereocenters. The van der Waals surface area contributed by atoms with Gasteiger partial charge in [-0.3, -0.25) is 0 Å². The molecule has 0 spiro atoms. The van der Waals surface area contributed by atoms with Gasteiger partial charge in [0.1, 0.15) is 5.75 Å². The van der Waals surface area contributed by atoms with Gasteiger partial charge in [0, 0.05) is 5.56 Å². The third-order valence-electron chi connectivity index (χ3n) is 2.57. The summed E-state index contributed by atoms with van der Waals surface area (Å²) in [4.78, 5) is 2.87. The van der Waals surface area contributed by atoms with Gasteiger partial charge in [0.05, 0.1) is 0 Å². The quantitative estimate of drug-likeness (QED) is 0.871. The van der Waals surface area contributed by atoms with Crippen LogP contribution in [0.1, 0.15) is 5.82 Å². The second-order valence-corrected chi connectivity index (χ2v) is 4.12. The molecule has 0 bridgehead atoms. The first-order chi connectivity index (χ1) is 9.97. The van der Waals surface area contributed by atoms with Gasteiger partial charge in [0.15, 0.2) is 0 Å². The van der Waals surface area contributed by atoms with Gasteiger partial charge in [-0.15, -0.1) is 0 Å². The molecule has 0 aliphatic rings. The van der Waals surface area contributed by atoms with Gasteiger partial charge in [0.2, 0.25) is 5.82 Å². The van der Waals surface area contributed by atoms with Gasteiger partial charge in [0.25, 0.3) is 5.89 Å². The average molecular weight is 330 g/mol. The zero-order valence-corrected chi connectivity index (χ0v) is 10.2. The highest BCUT2D eigenvalue weighted by atomic mass is 19.4. The molecule has 4 nitrogen and oxygen atoms in total. The number of alkyl halides is 7. The van der Waals surface area contributed by atoms with Crippen molar-refractivity contribution < 1.29 is 40.4 Å². The van der Waals surface area contributed by atoms with Gasteiger partial charge < -0.3 is 9.63 Å². The second-order valence-electron chi connectivity index (χ2n) is 4.12. The van der Waals surface area contributed by atoms with Crippen LogP contribution < -0.4 is 0 Å². The lowest BCUT2D eigenvalue weighted by Gasteiger charge is -2.25. The van der Waals surface area contributed by atoms with Crippen molar-refractivity contribution in [2.45, 2.75) is 18.0 Å². The Labute approximate surface area is 117 Å². The molecule has 0 radical (unpaired) electrons. The Hall–Kier alpha value is -2.33. The second kappa shape index (κ2) is 4.85. The van der Waals surface area contributed by atoms with Gasteiger partial charge >= 0.3 is 18.0 Å². The van der Waals surface area contributed by atoms with Crippen molar-refractivity contribution in [3.8, 4) is 17.2 Å². The van der Waals surface area contributed by atoms with E-state index >= 15 is 0 Å². The van der Waals surface area contributed by atoms with E-state index in [1.807, 2.05) is 0 Å². The molecule has 0 saturated heterocycles. The fourth-order valence-corrected chi connectivity index (χ4v) is 1.39. The molecular weight excluding hydrogens is 325 g/mol. The minimum atomic E-state index is -6.49. The van der Waals surface area contributed by atoms with Gasteiger partial charge in [-0.1, -0.05) is 5.16 Å². The molecule has 0 saturated carbocycles. The van der Waals surface area contributed by atoms with E-state index in [9.17, 15) is 30.7 Å². The van der Waals surface area contributed by atoms with Crippen LogP contribution in [0.5, 0.6) is 5.75 Å². The summed E-state index contributed by atoms with van der Waals surface area (Å²) in [7, 11) is 0. The minimum absolute atomic E-state index is 0.0531. The molecule has 0 fully saturated rings. The van der Waals surface area contributed by atoms with E-state index in [4.69, 9.17) is 5.11 Å². The maximum atomic E-state index is 13.3. The summed E-state index contributed by atoms with van der Waals surface area (Å²) in [6.07, 6.45) is -6.49. The van der Waals surface area contributed by atoms with Crippen LogP contribution in [0.3, 0.4) is 0 Å². The lowest BCUT2D eigenvalue weighted by Crippen LogP contribution is -2.50. The van der Waals surface area contributed by atoms with E-state index in [1.165, 1.54) is 0 Å². The number of nitrogens with zero attached hydrogens (tertiary/aromatic N) is 2. The monoisotopic (exact) mass is 330 g/mol. The molecule has 0 unspecified atom stereocenters. The normalized spacial score (nSPS) is 13.4. The Morgan fingerprint density at radius 1 is 0.909 bits per heavy atom. The Morgan fingerprint density at radius 2 is 1.45 bits per heavy atom. The first-order valence-electron chi connectivity index (χ1n) is 5.43. The highest BCUT2D eigenvalue weighted by molar-refractivity contribution is 5.54. The van der Waals surface area contributed by atoms with Crippen LogP contribution in [0.15, 0.2) is 28.8 Å². The predicted octanol–water partition coefficient (Wildman–Crippen LogP) is 3.73. The van der Waals surface area contributed by atoms with Crippen molar-refractivity contribution in [1.82, 2.24) is 10.1 Å². The van der Waals surface area contributed by atoms with Crippen molar-refractivity contribution in [1.29, 1.82) is 0 Å². The molecule has 0 amide bonds. The predicted molar refractivity (Wildman–Crippen MR) is 56.3 cm³/mol. The fraction of sp³-hybridized carbons (Fsp3) is 0.273. The molecule has 120 valence electrons. The Bertz CT molecular complexity index is 664. The van der Waals surface area contributed by atoms with E-state index in [0.29, 0.717) is 0 Å². The summed E-state index contributed by atoms with van der Waals surface area (Å²) in [5, 5.41) is 11.5. The number of halogens is 7. The van der Waals surface area contributed by atoms with Crippen molar-refractivity contribution >= 4 is 0 Å². The smallest absolute Gasteiger partial charge is 0.460 e. The molecule has 1 aromatic carbocycles. The molecule has 0 aliphatic heterocycles. The number of phenols is 1. The maximum absolute atomic E-state index is 13.3. The Balaban J connectivity index is 2.40. The van der Waals surface area contributed by atoms with Crippen LogP contribution in [0.25, 0.3) is 11.5 Å². The Kier molecular flexibility index (Phi) is 3.54. The van der Waals surface area contributed by atoms with Gasteiger partial charge in [-0.25, -0.2) is 0 Å². The van der Waals surface area contributed by atoms with E-state index in [2.05, 4.69) is 14.7 Å². The van der Waals surface area contributed by atoms with Gasteiger partial charge in [-0.05, 0) is 24.3 Å². The summed E-state index contributed by atoms with van der Waals surface area (Å²) in [5.41, 5.74) is -0.0531. The lowest BCUT2D eigenvalue weighted by atomic mass is 10.1. The lowest BCUT2D eigenvalue weighted by molar-refractivity contribution is -0.361. The zero-order chi connectivity index (χ0) is 16.8. The third kappa shape index (κ3) is 2.46. The summed E-state index contributed by atoms with van der Waals surface area (Å²) in [5.74, 6) is -15.1. The van der Waals surface area contributed by atoms with E-state index in [0.717, 1.165) is 24.3 Å². The highest BCUT2D eigenvalue weighted by Gasteiger charge is 2.75. The largest absolute Gasteiger partial charge is 0.508 e. The number of rotatable bonds is 3. The van der Waals surface area contributed by atoms with Crippen LogP contribution in [0, 0.1) is 0 Å². The molecule has 1 N–H and O–H groups in total. The first kappa shape index (κ1) is 16.0. The molecule has 1 aromatic heterocycles. The maximum Gasteiger partial charge on any atom is 0.460 e. The summed E-state index contributed by atoms with van der Waals surface area (Å²) in [6, 6.07) is 4.43. The summed E-state index contributed by atoms with van der Waals surface area (Å²) < 4.78 is 92.7. The zero-order valence-electron chi connectivity index (χ0n) is 10.2. The molecular formula is C11H5F7N2O2. The van der Waals surface area contributed by atoms with Crippen LogP contribution in [-0.2, 0) is 5.92 Å². The van der Waals surface area contributed by atoms with E-state index in [1.54, 1.807) is 0 Å². The van der Waals surface area contributed by atoms with Crippen LogP contribution in [-0.4, -0.2) is 27.3 Å². The summed E-state index contributed by atoms with van der Waals surface area (Å²) in [6.45, 7) is 0. The number of aromatic nitrogens is 2. The van der Waals surface area contributed by atoms with Crippen molar-refractivity contribution in [3.63, 3.8) is 0 Å². The molecule has 1 heterocycles. The molecule has 2 rings (SSSR count). The topological polar surface area (TPSA) is 59.2 Å². The van der Waals surface area contributed by atoms with Crippen LogP contribution in [0.2, 0.25) is 0 Å². The van der Waals surface area contributed by atoms with Crippen molar-refractivity contribution in [2.24, 2.45) is 0 Å². The van der Waals surface area contributed by atoms with E-state index in [-0.39, 0.29) is 11.3 Å². The Morgan fingerprint density at radius 3 is 1.95 bits per heavy atom. The standard InChI is InChI=1S/C11H5F7N2O2/c12-9(13,10(14,15)11(16,17)18)8-19-7(22-20-8)5-1-3-6(21)4-2-5/h1-4,21H. The number of phenolic OH excluding ortho intramolecular Hbond substituents is 1. The first-order valence-corrected chi connectivity index (χ1v) is 5.43. The molecule has 22 heavy (non-hydrogen) atoms. The fourth-order valence-electron chi connectivity index (χ4n) is 1.39. The third-order valence-corrected chi connectivity index (χ3v) is 2.57. The van der Waals surface area contributed by atoms with Crippen LogP contribution >= 0.6 is 0 Å². The SMILES string of the molecule is Oc1ccc(-c2nc(C(F)(F)C(F)(F)C(F)(F)F)no2)cc1. The number of benzene rings is 1. The number of aromatic hydroxyl groups is 1. The van der Waals surface area contributed by atoms with E-state index < -0.39 is 29.7 Å². The number of hydrogen-bond acceptors (Lipinski definition) is 4. The highest BCUT2D eigenvalue weighted by Crippen LogP contribution is 2.51. The minimum Gasteiger partial charge on any atom is -0.508 e. The van der Waals surface area contributed by atoms with Gasteiger partial charge in [-0.2, -0.15) is 35.7 Å². The summed E-state index contributed by atoms with van der Waals surface area (Å²) >= 11 is 0. The molecule has 2 aromatic rings.